The first-order valence-electron chi connectivity index (χ1n) is 15.7. The molecule has 2 aromatic carbocycles. The molecule has 4 aliphatic heterocycles. The lowest BCUT2D eigenvalue weighted by Crippen LogP contribution is -2.59. The Bertz CT molecular complexity index is 1450. The molecule has 6 atom stereocenters. The minimum absolute atomic E-state index is 0.136. The zero-order valence-electron chi connectivity index (χ0n) is 25.9. The van der Waals surface area contributed by atoms with E-state index in [4.69, 9.17) is 4.74 Å². The SMILES string of the molecule is CCN(CC)c1ccc(N2CC=C[C@]34O[C@@H]5C=CCN(c6ccccc6)C(=O)[C@@H]5[C@H]3C(=O)N([C@@H](CO)C(C)C)C4C2=O)cc1. The van der Waals surface area contributed by atoms with Crippen molar-refractivity contribution in [2.45, 2.75) is 51.5 Å². The van der Waals surface area contributed by atoms with Gasteiger partial charge in [-0.2, -0.15) is 0 Å². The van der Waals surface area contributed by atoms with Gasteiger partial charge < -0.3 is 29.4 Å². The largest absolute Gasteiger partial charge is 0.394 e. The fourth-order valence-corrected chi connectivity index (χ4v) is 7.56. The van der Waals surface area contributed by atoms with Crippen molar-refractivity contribution in [2.24, 2.45) is 17.8 Å². The number of fused-ring (bicyclic) bond motifs is 2. The van der Waals surface area contributed by atoms with Crippen LogP contribution in [0.3, 0.4) is 0 Å². The van der Waals surface area contributed by atoms with Gasteiger partial charge in [-0.3, -0.25) is 14.4 Å². The number of anilines is 3. The van der Waals surface area contributed by atoms with E-state index in [1.165, 1.54) is 4.90 Å². The van der Waals surface area contributed by atoms with E-state index in [1.807, 2.05) is 92.7 Å². The van der Waals surface area contributed by atoms with Crippen LogP contribution in [0.15, 0.2) is 78.9 Å². The maximum absolute atomic E-state index is 14.7. The molecule has 2 aromatic rings. The zero-order chi connectivity index (χ0) is 31.2. The Morgan fingerprint density at radius 3 is 2.16 bits per heavy atom. The molecule has 1 spiro atoms. The number of hydrogen-bond acceptors (Lipinski definition) is 6. The topological polar surface area (TPSA) is 93.6 Å². The van der Waals surface area contributed by atoms with Crippen LogP contribution in [-0.4, -0.2) is 84.3 Å². The predicted molar refractivity (Wildman–Crippen MR) is 170 cm³/mol. The number of ether oxygens (including phenoxy) is 1. The Balaban J connectivity index is 1.43. The fourth-order valence-electron chi connectivity index (χ4n) is 7.56. The van der Waals surface area contributed by atoms with Crippen molar-refractivity contribution < 1.29 is 24.2 Å². The van der Waals surface area contributed by atoms with Crippen LogP contribution in [0.1, 0.15) is 27.7 Å². The Morgan fingerprint density at radius 1 is 0.886 bits per heavy atom. The third-order valence-electron chi connectivity index (χ3n) is 9.77. The van der Waals surface area contributed by atoms with Gasteiger partial charge in [0.25, 0.3) is 5.91 Å². The van der Waals surface area contributed by atoms with E-state index in [0.717, 1.165) is 24.5 Å². The molecule has 0 aromatic heterocycles. The number of aliphatic hydroxyl groups is 1. The van der Waals surface area contributed by atoms with E-state index < -0.39 is 35.6 Å². The van der Waals surface area contributed by atoms with Crippen LogP contribution in [0.4, 0.5) is 17.1 Å². The molecular weight excluding hydrogens is 556 g/mol. The molecule has 1 N–H and O–H groups in total. The second kappa shape index (κ2) is 11.9. The number of carbonyl (C=O) groups is 3. The van der Waals surface area contributed by atoms with Crippen LogP contribution in [0, 0.1) is 17.8 Å². The van der Waals surface area contributed by atoms with E-state index in [0.29, 0.717) is 18.8 Å². The number of hydrogen-bond donors (Lipinski definition) is 1. The molecule has 6 rings (SSSR count). The second-order valence-electron chi connectivity index (χ2n) is 12.3. The number of likely N-dealkylation sites (tertiary alicyclic amines) is 1. The molecule has 2 saturated heterocycles. The molecule has 0 bridgehead atoms. The molecule has 1 unspecified atom stereocenters. The molecule has 4 aliphatic rings. The van der Waals surface area contributed by atoms with Crippen LogP contribution in [0.25, 0.3) is 0 Å². The van der Waals surface area contributed by atoms with Crippen LogP contribution in [-0.2, 0) is 19.1 Å². The summed E-state index contributed by atoms with van der Waals surface area (Å²) in [4.78, 5) is 50.8. The number of aliphatic hydroxyl groups excluding tert-OH is 1. The van der Waals surface area contributed by atoms with Crippen molar-refractivity contribution in [1.82, 2.24) is 4.90 Å². The highest BCUT2D eigenvalue weighted by Crippen LogP contribution is 2.54. The molecule has 2 fully saturated rings. The first-order valence-corrected chi connectivity index (χ1v) is 15.7. The third kappa shape index (κ3) is 4.64. The fraction of sp³-hybridized carbons (Fsp3) is 0.457. The van der Waals surface area contributed by atoms with Gasteiger partial charge in [0, 0.05) is 43.2 Å². The summed E-state index contributed by atoms with van der Waals surface area (Å²) in [5.74, 6) is -2.70. The maximum atomic E-state index is 14.7. The van der Waals surface area contributed by atoms with Gasteiger partial charge in [-0.05, 0) is 56.2 Å². The highest BCUT2D eigenvalue weighted by Gasteiger charge is 2.72. The summed E-state index contributed by atoms with van der Waals surface area (Å²) < 4.78 is 6.79. The van der Waals surface area contributed by atoms with Gasteiger partial charge in [0.15, 0.2) is 0 Å². The van der Waals surface area contributed by atoms with E-state index in [2.05, 4.69) is 18.7 Å². The lowest BCUT2D eigenvalue weighted by atomic mass is 9.77. The molecule has 9 heteroatoms. The normalized spacial score (nSPS) is 28.6. The van der Waals surface area contributed by atoms with Gasteiger partial charge in [0.2, 0.25) is 11.8 Å². The first-order chi connectivity index (χ1) is 21.3. The van der Waals surface area contributed by atoms with Gasteiger partial charge in [0.1, 0.15) is 11.6 Å². The molecule has 3 amide bonds. The summed E-state index contributed by atoms with van der Waals surface area (Å²) in [6.07, 6.45) is 6.84. The number of nitrogens with zero attached hydrogens (tertiary/aromatic N) is 4. The first kappa shape index (κ1) is 30.1. The smallest absolute Gasteiger partial charge is 0.253 e. The summed E-state index contributed by atoms with van der Waals surface area (Å²) in [7, 11) is 0. The second-order valence-corrected chi connectivity index (χ2v) is 12.3. The quantitative estimate of drug-likeness (QED) is 0.467. The molecule has 44 heavy (non-hydrogen) atoms. The van der Waals surface area contributed by atoms with Crippen molar-refractivity contribution in [1.29, 1.82) is 0 Å². The average Bonchev–Trinajstić information content (AvgIpc) is 3.34. The molecular formula is C35H42N4O5. The summed E-state index contributed by atoms with van der Waals surface area (Å²) >= 11 is 0. The van der Waals surface area contributed by atoms with Crippen molar-refractivity contribution in [3.63, 3.8) is 0 Å². The standard InChI is InChI=1S/C35H42N4O5/c1-5-36(6-2)24-15-17-26(18-16-24)38-21-11-19-35-30(33(42)39(31(35)34(38)43)27(22-40)23(3)4)29-28(44-35)14-10-20-37(32(29)41)25-12-8-7-9-13-25/h7-19,23,27-31,40H,5-6,20-22H2,1-4H3/t27-,28+,29-,30-,31?,35-/m0/s1. The number of rotatable bonds is 8. The lowest BCUT2D eigenvalue weighted by Gasteiger charge is -2.39. The minimum atomic E-state index is -1.36. The zero-order valence-corrected chi connectivity index (χ0v) is 25.9. The molecule has 0 radical (unpaired) electrons. The van der Waals surface area contributed by atoms with Crippen LogP contribution >= 0.6 is 0 Å². The monoisotopic (exact) mass is 598 g/mol. The van der Waals surface area contributed by atoms with Gasteiger partial charge >= 0.3 is 0 Å². The van der Waals surface area contributed by atoms with Crippen LogP contribution in [0.2, 0.25) is 0 Å². The Labute approximate surface area is 259 Å². The minimum Gasteiger partial charge on any atom is -0.394 e. The van der Waals surface area contributed by atoms with Gasteiger partial charge in [-0.15, -0.1) is 0 Å². The number of para-hydroxylation sites is 1. The van der Waals surface area contributed by atoms with E-state index in [-0.39, 0.29) is 30.2 Å². The van der Waals surface area contributed by atoms with Gasteiger partial charge in [-0.1, -0.05) is 56.4 Å². The van der Waals surface area contributed by atoms with E-state index in [9.17, 15) is 19.5 Å². The summed E-state index contributed by atoms with van der Waals surface area (Å²) in [5, 5.41) is 10.5. The predicted octanol–water partition coefficient (Wildman–Crippen LogP) is 3.64. The van der Waals surface area contributed by atoms with Crippen LogP contribution < -0.4 is 14.7 Å². The molecule has 0 aliphatic carbocycles. The molecule has 4 heterocycles. The summed E-state index contributed by atoms with van der Waals surface area (Å²) in [6.45, 7) is 10.1. The lowest BCUT2D eigenvalue weighted by molar-refractivity contribution is -0.145. The van der Waals surface area contributed by atoms with Gasteiger partial charge in [0.05, 0.1) is 30.6 Å². The highest BCUT2D eigenvalue weighted by molar-refractivity contribution is 6.07. The Hall–Kier alpha value is -3.95. The Kier molecular flexibility index (Phi) is 8.11. The number of amides is 3. The van der Waals surface area contributed by atoms with Crippen molar-refractivity contribution in [3.8, 4) is 0 Å². The van der Waals surface area contributed by atoms with Crippen molar-refractivity contribution in [2.75, 3.05) is 47.5 Å². The number of benzene rings is 2. The average molecular weight is 599 g/mol. The van der Waals surface area contributed by atoms with E-state index in [1.54, 1.807) is 9.80 Å². The van der Waals surface area contributed by atoms with Gasteiger partial charge in [-0.25, -0.2) is 0 Å². The molecule has 232 valence electrons. The van der Waals surface area contributed by atoms with Crippen molar-refractivity contribution >= 4 is 34.8 Å². The third-order valence-corrected chi connectivity index (χ3v) is 9.77. The van der Waals surface area contributed by atoms with Crippen molar-refractivity contribution in [3.05, 3.63) is 78.9 Å². The summed E-state index contributed by atoms with van der Waals surface area (Å²) in [5.41, 5.74) is 1.16. The molecule has 9 nitrogen and oxygen atoms in total. The highest BCUT2D eigenvalue weighted by atomic mass is 16.5. The maximum Gasteiger partial charge on any atom is 0.253 e. The van der Waals surface area contributed by atoms with Crippen LogP contribution in [0.5, 0.6) is 0 Å². The van der Waals surface area contributed by atoms with E-state index >= 15 is 0 Å². The number of carbonyl (C=O) groups excluding carboxylic acids is 3. The summed E-state index contributed by atoms with van der Waals surface area (Å²) in [6, 6.07) is 15.6. The Morgan fingerprint density at radius 2 is 1.52 bits per heavy atom. The molecule has 0 saturated carbocycles.